The lowest BCUT2D eigenvalue weighted by atomic mass is 9.77. The van der Waals surface area contributed by atoms with Crippen LogP contribution in [0.15, 0.2) is 18.2 Å². The quantitative estimate of drug-likeness (QED) is 0.595. The first-order valence-electron chi connectivity index (χ1n) is 4.74. The predicted octanol–water partition coefficient (Wildman–Crippen LogP) is 2.36. The molecular weight excluding hydrogens is 160 g/mol. The maximum atomic E-state index is 5.98. The van der Waals surface area contributed by atoms with Crippen LogP contribution >= 0.6 is 0 Å². The summed E-state index contributed by atoms with van der Waals surface area (Å²) < 4.78 is 0. The summed E-state index contributed by atoms with van der Waals surface area (Å²) in [5, 5.41) is 3.38. The van der Waals surface area contributed by atoms with Gasteiger partial charge in [0.2, 0.25) is 0 Å². The van der Waals surface area contributed by atoms with E-state index in [4.69, 9.17) is 5.73 Å². The van der Waals surface area contributed by atoms with Gasteiger partial charge in [-0.3, -0.25) is 0 Å². The fourth-order valence-corrected chi connectivity index (χ4v) is 2.11. The average Bonchev–Trinajstić information content (AvgIpc) is 2.02. The van der Waals surface area contributed by atoms with E-state index in [1.165, 1.54) is 11.3 Å². The molecule has 1 aromatic rings. The van der Waals surface area contributed by atoms with Crippen molar-refractivity contribution >= 4 is 11.4 Å². The molecule has 0 spiro atoms. The first-order chi connectivity index (χ1) is 6.11. The maximum Gasteiger partial charge on any atom is 0.0398 e. The third-order valence-corrected chi connectivity index (χ3v) is 2.84. The molecule has 1 aliphatic heterocycles. The number of hydrogen-bond acceptors (Lipinski definition) is 2. The second-order valence-electron chi connectivity index (χ2n) is 4.33. The Hall–Kier alpha value is -1.18. The van der Waals surface area contributed by atoms with Crippen molar-refractivity contribution in [1.82, 2.24) is 0 Å². The highest BCUT2D eigenvalue weighted by atomic mass is 14.9. The molecule has 0 atom stereocenters. The van der Waals surface area contributed by atoms with E-state index in [9.17, 15) is 0 Å². The van der Waals surface area contributed by atoms with Crippen molar-refractivity contribution in [3.05, 3.63) is 23.8 Å². The van der Waals surface area contributed by atoms with E-state index in [1.807, 2.05) is 12.1 Å². The van der Waals surface area contributed by atoms with E-state index < -0.39 is 0 Å². The molecule has 0 amide bonds. The molecule has 0 radical (unpaired) electrons. The van der Waals surface area contributed by atoms with E-state index in [0.29, 0.717) is 0 Å². The Morgan fingerprint density at radius 3 is 2.85 bits per heavy atom. The lowest BCUT2D eigenvalue weighted by Gasteiger charge is -2.34. The molecule has 2 nitrogen and oxygen atoms in total. The monoisotopic (exact) mass is 176 g/mol. The lowest BCUT2D eigenvalue weighted by Crippen LogP contribution is -2.29. The van der Waals surface area contributed by atoms with Gasteiger partial charge in [0.25, 0.3) is 0 Å². The number of benzene rings is 1. The predicted molar refractivity (Wildman–Crippen MR) is 57.0 cm³/mol. The number of fused-ring (bicyclic) bond motifs is 1. The number of anilines is 2. The van der Waals surface area contributed by atoms with Crippen LogP contribution in [0.4, 0.5) is 11.4 Å². The molecule has 0 aliphatic carbocycles. The fourth-order valence-electron chi connectivity index (χ4n) is 2.11. The molecular formula is C11H16N2. The Kier molecular flexibility index (Phi) is 1.72. The van der Waals surface area contributed by atoms with E-state index in [2.05, 4.69) is 25.2 Å². The molecule has 0 unspecified atom stereocenters. The highest BCUT2D eigenvalue weighted by Gasteiger charge is 2.28. The van der Waals surface area contributed by atoms with Crippen LogP contribution in [0.5, 0.6) is 0 Å². The zero-order chi connectivity index (χ0) is 9.47. The summed E-state index contributed by atoms with van der Waals surface area (Å²) in [6, 6.07) is 6.09. The summed E-state index contributed by atoms with van der Waals surface area (Å²) >= 11 is 0. The van der Waals surface area contributed by atoms with Crippen LogP contribution in [0.25, 0.3) is 0 Å². The van der Waals surface area contributed by atoms with Crippen molar-refractivity contribution in [2.45, 2.75) is 25.7 Å². The number of hydrogen-bond donors (Lipinski definition) is 2. The van der Waals surface area contributed by atoms with Crippen LogP contribution in [0.2, 0.25) is 0 Å². The number of nitrogens with two attached hydrogens (primary N) is 1. The van der Waals surface area contributed by atoms with Gasteiger partial charge in [-0.15, -0.1) is 0 Å². The summed E-state index contributed by atoms with van der Waals surface area (Å²) in [7, 11) is 0. The lowest BCUT2D eigenvalue weighted by molar-refractivity contribution is 0.484. The van der Waals surface area contributed by atoms with Gasteiger partial charge in [0, 0.05) is 23.5 Å². The summed E-state index contributed by atoms with van der Waals surface area (Å²) in [5.41, 5.74) is 9.59. The third kappa shape index (κ3) is 1.26. The molecule has 2 rings (SSSR count). The van der Waals surface area contributed by atoms with Crippen LogP contribution in [0.3, 0.4) is 0 Å². The Balaban J connectivity index is 2.61. The fraction of sp³-hybridized carbons (Fsp3) is 0.455. The molecule has 0 bridgehead atoms. The number of nitrogens with one attached hydrogen (secondary N) is 1. The summed E-state index contributed by atoms with van der Waals surface area (Å²) in [6.45, 7) is 5.55. The topological polar surface area (TPSA) is 38.0 Å². The van der Waals surface area contributed by atoms with Gasteiger partial charge in [-0.1, -0.05) is 19.9 Å². The first-order valence-corrected chi connectivity index (χ1v) is 4.74. The standard InChI is InChI=1S/C11H16N2/c1-11(2)6-7-13-9-5-3-4-8(12)10(9)11/h3-5,13H,6-7,12H2,1-2H3. The molecule has 0 fully saturated rings. The van der Waals surface area contributed by atoms with Crippen molar-refractivity contribution in [2.24, 2.45) is 0 Å². The minimum Gasteiger partial charge on any atom is -0.398 e. The van der Waals surface area contributed by atoms with Gasteiger partial charge < -0.3 is 11.1 Å². The zero-order valence-corrected chi connectivity index (χ0v) is 8.22. The molecule has 70 valence electrons. The average molecular weight is 176 g/mol. The van der Waals surface area contributed by atoms with Gasteiger partial charge in [-0.25, -0.2) is 0 Å². The summed E-state index contributed by atoms with van der Waals surface area (Å²) in [4.78, 5) is 0. The molecule has 1 aromatic carbocycles. The van der Waals surface area contributed by atoms with Crippen LogP contribution in [0.1, 0.15) is 25.8 Å². The Bertz CT molecular complexity index is 329. The smallest absolute Gasteiger partial charge is 0.0398 e. The minimum absolute atomic E-state index is 0.214. The number of rotatable bonds is 0. The summed E-state index contributed by atoms with van der Waals surface area (Å²) in [5.74, 6) is 0. The molecule has 0 aromatic heterocycles. The SMILES string of the molecule is CC1(C)CCNc2cccc(N)c21. The molecule has 2 heteroatoms. The Labute approximate surface area is 79.1 Å². The van der Waals surface area contributed by atoms with Crippen LogP contribution in [0, 0.1) is 0 Å². The molecule has 0 saturated heterocycles. The van der Waals surface area contributed by atoms with Crippen molar-refractivity contribution in [3.8, 4) is 0 Å². The van der Waals surface area contributed by atoms with E-state index in [1.54, 1.807) is 0 Å². The Morgan fingerprint density at radius 1 is 1.38 bits per heavy atom. The van der Waals surface area contributed by atoms with Crippen molar-refractivity contribution in [3.63, 3.8) is 0 Å². The van der Waals surface area contributed by atoms with Gasteiger partial charge in [0.15, 0.2) is 0 Å². The van der Waals surface area contributed by atoms with Gasteiger partial charge in [-0.2, -0.15) is 0 Å². The van der Waals surface area contributed by atoms with Gasteiger partial charge in [0.05, 0.1) is 0 Å². The van der Waals surface area contributed by atoms with Crippen LogP contribution in [-0.4, -0.2) is 6.54 Å². The molecule has 0 saturated carbocycles. The zero-order valence-electron chi connectivity index (χ0n) is 8.22. The molecule has 3 N–H and O–H groups in total. The van der Waals surface area contributed by atoms with E-state index in [0.717, 1.165) is 18.7 Å². The first kappa shape index (κ1) is 8.42. The Morgan fingerprint density at radius 2 is 2.15 bits per heavy atom. The van der Waals surface area contributed by atoms with Crippen molar-refractivity contribution in [2.75, 3.05) is 17.6 Å². The molecule has 1 heterocycles. The van der Waals surface area contributed by atoms with E-state index in [-0.39, 0.29) is 5.41 Å². The van der Waals surface area contributed by atoms with Gasteiger partial charge >= 0.3 is 0 Å². The summed E-state index contributed by atoms with van der Waals surface area (Å²) in [6.07, 6.45) is 1.15. The second kappa shape index (κ2) is 2.66. The third-order valence-electron chi connectivity index (χ3n) is 2.84. The minimum atomic E-state index is 0.214. The van der Waals surface area contributed by atoms with Crippen molar-refractivity contribution < 1.29 is 0 Å². The molecule has 13 heavy (non-hydrogen) atoms. The van der Waals surface area contributed by atoms with Gasteiger partial charge in [0.1, 0.15) is 0 Å². The van der Waals surface area contributed by atoms with Crippen LogP contribution < -0.4 is 11.1 Å². The van der Waals surface area contributed by atoms with Gasteiger partial charge in [-0.05, 0) is 24.0 Å². The molecule has 1 aliphatic rings. The van der Waals surface area contributed by atoms with E-state index >= 15 is 0 Å². The largest absolute Gasteiger partial charge is 0.398 e. The highest BCUT2D eigenvalue weighted by molar-refractivity contribution is 5.67. The van der Waals surface area contributed by atoms with Crippen LogP contribution in [-0.2, 0) is 5.41 Å². The highest BCUT2D eigenvalue weighted by Crippen LogP contribution is 2.39. The second-order valence-corrected chi connectivity index (χ2v) is 4.33. The van der Waals surface area contributed by atoms with Crippen molar-refractivity contribution in [1.29, 1.82) is 0 Å². The maximum absolute atomic E-state index is 5.98. The number of nitrogen functional groups attached to an aromatic ring is 1. The normalized spacial score (nSPS) is 18.9.